The van der Waals surface area contributed by atoms with Crippen LogP contribution in [0.25, 0.3) is 10.9 Å². The average Bonchev–Trinajstić information content (AvgIpc) is 2.81. The Balaban J connectivity index is 2.11. The predicted molar refractivity (Wildman–Crippen MR) is 140 cm³/mol. The van der Waals surface area contributed by atoms with Crippen molar-refractivity contribution in [3.63, 3.8) is 0 Å². The van der Waals surface area contributed by atoms with Crippen LogP contribution in [0.2, 0.25) is 5.02 Å². The van der Waals surface area contributed by atoms with Crippen molar-refractivity contribution in [1.82, 2.24) is 9.66 Å². The summed E-state index contributed by atoms with van der Waals surface area (Å²) in [7, 11) is 0. The predicted octanol–water partition coefficient (Wildman–Crippen LogP) is 5.28. The third-order valence-electron chi connectivity index (χ3n) is 4.90. The first-order valence-corrected chi connectivity index (χ1v) is 12.3. The highest BCUT2D eigenvalue weighted by Crippen LogP contribution is 2.34. The number of carbonyl (C=O) groups excluding carboxylic acids is 1. The van der Waals surface area contributed by atoms with Gasteiger partial charge in [-0.2, -0.15) is 9.78 Å². The Morgan fingerprint density at radius 1 is 1.33 bits per heavy atom. The largest absolute Gasteiger partial charge is 0.474 e. The topological polar surface area (TPSA) is 126 Å². The molecule has 0 saturated carbocycles. The molecule has 0 bridgehead atoms. The molecule has 0 atom stereocenters. The SMILES string of the molecule is CCCCc1nc2ccc(Br)cc2c(=O)n1N=Cc1cc(Cl)cc([N+](=O)[O-])c1OCC(=O)OC(C)C. The van der Waals surface area contributed by atoms with Gasteiger partial charge in [-0.25, -0.2) is 9.78 Å². The molecule has 0 aliphatic carbocycles. The minimum atomic E-state index is -0.695. The molecule has 2 aromatic carbocycles. The molecule has 36 heavy (non-hydrogen) atoms. The van der Waals surface area contributed by atoms with Crippen molar-refractivity contribution in [3.8, 4) is 5.75 Å². The highest BCUT2D eigenvalue weighted by Gasteiger charge is 2.22. The van der Waals surface area contributed by atoms with Crippen molar-refractivity contribution in [2.45, 2.75) is 46.1 Å². The van der Waals surface area contributed by atoms with Crippen LogP contribution in [-0.2, 0) is 16.0 Å². The fourth-order valence-electron chi connectivity index (χ4n) is 3.35. The lowest BCUT2D eigenvalue weighted by molar-refractivity contribution is -0.385. The monoisotopic (exact) mass is 578 g/mol. The Morgan fingerprint density at radius 2 is 2.08 bits per heavy atom. The van der Waals surface area contributed by atoms with Crippen LogP contribution in [0.15, 0.2) is 44.7 Å². The molecule has 0 spiro atoms. The summed E-state index contributed by atoms with van der Waals surface area (Å²) in [6, 6.07) is 7.69. The number of esters is 1. The molecule has 0 radical (unpaired) electrons. The standard InChI is InChI=1S/C24H24BrClN4O6/c1-4-5-6-21-28-19-8-7-16(25)10-18(19)24(32)29(21)27-12-15-9-17(26)11-20(30(33)34)23(15)35-13-22(31)36-14(2)3/h7-12,14H,4-6,13H2,1-3H3. The molecule has 0 aliphatic heterocycles. The van der Waals surface area contributed by atoms with Gasteiger partial charge in [0, 0.05) is 27.5 Å². The van der Waals surface area contributed by atoms with E-state index >= 15 is 0 Å². The smallest absolute Gasteiger partial charge is 0.344 e. The number of nitrogens with zero attached hydrogens (tertiary/aromatic N) is 4. The van der Waals surface area contributed by atoms with Gasteiger partial charge < -0.3 is 9.47 Å². The van der Waals surface area contributed by atoms with Crippen LogP contribution < -0.4 is 10.3 Å². The minimum Gasteiger partial charge on any atom is -0.474 e. The van der Waals surface area contributed by atoms with Gasteiger partial charge in [0.05, 0.1) is 28.1 Å². The number of unbranched alkanes of at least 4 members (excludes halogenated alkanes) is 1. The first-order valence-electron chi connectivity index (χ1n) is 11.2. The van der Waals surface area contributed by atoms with Gasteiger partial charge in [0.1, 0.15) is 5.82 Å². The Morgan fingerprint density at radius 3 is 2.75 bits per heavy atom. The van der Waals surface area contributed by atoms with Gasteiger partial charge in [-0.05, 0) is 44.5 Å². The summed E-state index contributed by atoms with van der Waals surface area (Å²) >= 11 is 9.47. The van der Waals surface area contributed by atoms with Crippen LogP contribution in [0.3, 0.4) is 0 Å². The summed E-state index contributed by atoms with van der Waals surface area (Å²) in [4.78, 5) is 40.9. The first kappa shape index (κ1) is 27.3. The maximum Gasteiger partial charge on any atom is 0.344 e. The third kappa shape index (κ3) is 6.67. The van der Waals surface area contributed by atoms with E-state index in [9.17, 15) is 19.7 Å². The van der Waals surface area contributed by atoms with Crippen LogP contribution in [0.4, 0.5) is 5.69 Å². The Bertz CT molecular complexity index is 1390. The average molecular weight is 580 g/mol. The van der Waals surface area contributed by atoms with E-state index in [2.05, 4.69) is 26.0 Å². The molecule has 10 nitrogen and oxygen atoms in total. The number of nitro groups is 1. The molecule has 0 saturated heterocycles. The van der Waals surface area contributed by atoms with Crippen LogP contribution >= 0.6 is 27.5 Å². The van der Waals surface area contributed by atoms with Crippen molar-refractivity contribution < 1.29 is 19.2 Å². The first-order chi connectivity index (χ1) is 17.1. The van der Waals surface area contributed by atoms with E-state index in [-0.39, 0.29) is 22.4 Å². The van der Waals surface area contributed by atoms with Crippen molar-refractivity contribution in [3.05, 3.63) is 71.7 Å². The van der Waals surface area contributed by atoms with Gasteiger partial charge >= 0.3 is 11.7 Å². The van der Waals surface area contributed by atoms with Gasteiger partial charge in [-0.1, -0.05) is 40.9 Å². The maximum atomic E-state index is 13.3. The molecule has 190 valence electrons. The van der Waals surface area contributed by atoms with Gasteiger partial charge in [-0.15, -0.1) is 0 Å². The van der Waals surface area contributed by atoms with Gasteiger partial charge in [0.15, 0.2) is 6.61 Å². The van der Waals surface area contributed by atoms with E-state index in [4.69, 9.17) is 21.1 Å². The summed E-state index contributed by atoms with van der Waals surface area (Å²) < 4.78 is 12.4. The van der Waals surface area contributed by atoms with E-state index in [1.807, 2.05) is 6.92 Å². The highest BCUT2D eigenvalue weighted by molar-refractivity contribution is 9.10. The zero-order valence-corrected chi connectivity index (χ0v) is 22.2. The van der Waals surface area contributed by atoms with Crippen molar-refractivity contribution in [2.75, 3.05) is 6.61 Å². The summed E-state index contributed by atoms with van der Waals surface area (Å²) in [5.41, 5.74) is -0.218. The Kier molecular flexibility index (Phi) is 9.16. The fraction of sp³-hybridized carbons (Fsp3) is 0.333. The molecule has 1 heterocycles. The molecule has 12 heteroatoms. The summed E-state index contributed by atoms with van der Waals surface area (Å²) in [5, 5.41) is 16.4. The van der Waals surface area contributed by atoms with Crippen LogP contribution in [-0.4, -0.2) is 39.5 Å². The lowest BCUT2D eigenvalue weighted by atomic mass is 10.2. The minimum absolute atomic E-state index is 0.0550. The second-order valence-corrected chi connectivity index (χ2v) is 9.43. The molecule has 0 N–H and O–H groups in total. The lowest BCUT2D eigenvalue weighted by Crippen LogP contribution is -2.22. The molecule has 1 aromatic heterocycles. The Labute approximate surface area is 220 Å². The van der Waals surface area contributed by atoms with Crippen LogP contribution in [0.1, 0.15) is 45.0 Å². The van der Waals surface area contributed by atoms with Crippen LogP contribution in [0, 0.1) is 10.1 Å². The maximum absolute atomic E-state index is 13.3. The van der Waals surface area contributed by atoms with Gasteiger partial charge in [-0.3, -0.25) is 14.9 Å². The van der Waals surface area contributed by atoms with Gasteiger partial charge in [0.2, 0.25) is 5.75 Å². The molecule has 3 aromatic rings. The quantitative estimate of drug-likeness (QED) is 0.138. The van der Waals surface area contributed by atoms with E-state index in [0.29, 0.717) is 27.6 Å². The number of carbonyl (C=O) groups is 1. The summed E-state index contributed by atoms with van der Waals surface area (Å²) in [5.74, 6) is -0.486. The van der Waals surface area contributed by atoms with Crippen LogP contribution in [0.5, 0.6) is 5.75 Å². The van der Waals surface area contributed by atoms with E-state index in [0.717, 1.165) is 23.6 Å². The normalized spacial score (nSPS) is 11.4. The van der Waals surface area contributed by atoms with E-state index in [1.165, 1.54) is 12.3 Å². The fourth-order valence-corrected chi connectivity index (χ4v) is 3.93. The molecule has 0 fully saturated rings. The van der Waals surface area contributed by atoms with Crippen molar-refractivity contribution in [1.29, 1.82) is 0 Å². The highest BCUT2D eigenvalue weighted by atomic mass is 79.9. The van der Waals surface area contributed by atoms with E-state index < -0.39 is 28.7 Å². The second kappa shape index (κ2) is 12.1. The van der Waals surface area contributed by atoms with Crippen molar-refractivity contribution >= 4 is 56.3 Å². The number of aromatic nitrogens is 2. The number of ether oxygens (including phenoxy) is 2. The number of nitro benzene ring substituents is 1. The number of rotatable bonds is 10. The van der Waals surface area contributed by atoms with E-state index in [1.54, 1.807) is 32.0 Å². The number of aryl methyl sites for hydroxylation is 1. The number of hydrogen-bond donors (Lipinski definition) is 0. The molecular formula is C24H24BrClN4O6. The summed E-state index contributed by atoms with van der Waals surface area (Å²) in [6.07, 6.45) is 3.00. The second-order valence-electron chi connectivity index (χ2n) is 8.08. The molecule has 0 unspecified atom stereocenters. The number of halogens is 2. The molecule has 0 aliphatic rings. The molecule has 0 amide bonds. The number of fused-ring (bicyclic) bond motifs is 1. The third-order valence-corrected chi connectivity index (χ3v) is 5.61. The van der Waals surface area contributed by atoms with Gasteiger partial charge in [0.25, 0.3) is 5.56 Å². The number of benzene rings is 2. The molecule has 3 rings (SSSR count). The zero-order valence-electron chi connectivity index (χ0n) is 19.9. The zero-order chi connectivity index (χ0) is 26.4. The Hall–Kier alpha value is -3.31. The number of hydrogen-bond acceptors (Lipinski definition) is 8. The lowest BCUT2D eigenvalue weighted by Gasteiger charge is -2.12. The van der Waals surface area contributed by atoms with Crippen molar-refractivity contribution in [2.24, 2.45) is 5.10 Å². The summed E-state index contributed by atoms with van der Waals surface area (Å²) in [6.45, 7) is 4.80. The molecular weight excluding hydrogens is 556 g/mol.